The third-order valence-electron chi connectivity index (χ3n) is 5.46. The Labute approximate surface area is 212 Å². The summed E-state index contributed by atoms with van der Waals surface area (Å²) in [5.74, 6) is -1.74. The first kappa shape index (κ1) is 25.1. The van der Waals surface area contributed by atoms with Crippen LogP contribution in [0.15, 0.2) is 88.4 Å². The SMILES string of the molecule is CCc1ccc(N2C(=O)C(Cl)=C(Nc3cccc(C(=O)Nc4ccc(S(N)(=O)=O)cc4)c3)C2=O)cc1. The van der Waals surface area contributed by atoms with Crippen LogP contribution in [0.4, 0.5) is 17.1 Å². The number of nitrogens with one attached hydrogen (secondary N) is 2. The number of anilines is 3. The topological polar surface area (TPSA) is 139 Å². The number of amides is 3. The molecule has 0 bridgehead atoms. The molecule has 0 fully saturated rings. The highest BCUT2D eigenvalue weighted by Gasteiger charge is 2.39. The second-order valence-corrected chi connectivity index (χ2v) is 9.82. The van der Waals surface area contributed by atoms with Gasteiger partial charge in [-0.2, -0.15) is 0 Å². The van der Waals surface area contributed by atoms with Gasteiger partial charge in [0.05, 0.1) is 10.6 Å². The molecular formula is C25H21ClN4O5S. The second-order valence-electron chi connectivity index (χ2n) is 7.88. The highest BCUT2D eigenvalue weighted by atomic mass is 35.5. The molecule has 4 rings (SSSR count). The van der Waals surface area contributed by atoms with Crippen LogP contribution in [0.2, 0.25) is 0 Å². The number of hydrogen-bond donors (Lipinski definition) is 3. The number of benzene rings is 3. The van der Waals surface area contributed by atoms with Crippen LogP contribution in [0, 0.1) is 0 Å². The number of aryl methyl sites for hydroxylation is 1. The molecule has 184 valence electrons. The third-order valence-corrected chi connectivity index (χ3v) is 6.74. The number of rotatable bonds is 7. The van der Waals surface area contributed by atoms with E-state index in [0.29, 0.717) is 17.1 Å². The van der Waals surface area contributed by atoms with Gasteiger partial charge >= 0.3 is 0 Å². The second kappa shape index (κ2) is 9.94. The van der Waals surface area contributed by atoms with Gasteiger partial charge in [-0.05, 0) is 66.6 Å². The van der Waals surface area contributed by atoms with Crippen molar-refractivity contribution >= 4 is 56.4 Å². The standard InChI is InChI=1S/C25H21ClN4O5S/c1-2-15-6-10-19(11-7-15)30-24(32)21(26)22(25(30)33)28-18-5-3-4-16(14-18)23(31)29-17-8-12-20(13-9-17)36(27,34)35/h3-14,28H,2H2,1H3,(H,29,31)(H2,27,34,35). The predicted molar refractivity (Wildman–Crippen MR) is 137 cm³/mol. The van der Waals surface area contributed by atoms with Crippen molar-refractivity contribution in [2.45, 2.75) is 18.2 Å². The number of halogens is 1. The molecule has 3 aromatic carbocycles. The third kappa shape index (κ3) is 5.15. The molecule has 1 heterocycles. The van der Waals surface area contributed by atoms with Crippen LogP contribution in [0.3, 0.4) is 0 Å². The fourth-order valence-electron chi connectivity index (χ4n) is 3.54. The highest BCUT2D eigenvalue weighted by molar-refractivity contribution is 7.89. The van der Waals surface area contributed by atoms with E-state index in [1.165, 1.54) is 30.3 Å². The molecule has 0 radical (unpaired) electrons. The summed E-state index contributed by atoms with van der Waals surface area (Å²) in [5, 5.41) is 10.3. The Balaban J connectivity index is 1.50. The van der Waals surface area contributed by atoms with Crippen LogP contribution in [-0.4, -0.2) is 26.1 Å². The summed E-state index contributed by atoms with van der Waals surface area (Å²) >= 11 is 6.21. The molecule has 4 N–H and O–H groups in total. The first-order chi connectivity index (χ1) is 17.1. The summed E-state index contributed by atoms with van der Waals surface area (Å²) < 4.78 is 22.8. The van der Waals surface area contributed by atoms with Crippen molar-refractivity contribution in [1.82, 2.24) is 0 Å². The monoisotopic (exact) mass is 524 g/mol. The molecule has 0 saturated carbocycles. The van der Waals surface area contributed by atoms with Gasteiger partial charge in [-0.3, -0.25) is 14.4 Å². The molecule has 9 nitrogen and oxygen atoms in total. The van der Waals surface area contributed by atoms with Gasteiger partial charge in [0, 0.05) is 16.9 Å². The minimum atomic E-state index is -3.85. The smallest absolute Gasteiger partial charge is 0.283 e. The van der Waals surface area contributed by atoms with Crippen LogP contribution in [0.1, 0.15) is 22.8 Å². The first-order valence-electron chi connectivity index (χ1n) is 10.8. The van der Waals surface area contributed by atoms with Crippen molar-refractivity contribution in [3.63, 3.8) is 0 Å². The van der Waals surface area contributed by atoms with Gasteiger partial charge in [0.25, 0.3) is 17.7 Å². The lowest BCUT2D eigenvalue weighted by molar-refractivity contribution is -0.120. The van der Waals surface area contributed by atoms with E-state index in [0.717, 1.165) is 16.9 Å². The maximum Gasteiger partial charge on any atom is 0.283 e. The van der Waals surface area contributed by atoms with Gasteiger partial charge in [-0.15, -0.1) is 0 Å². The Kier molecular flexibility index (Phi) is 6.93. The number of primary sulfonamides is 1. The molecule has 1 aliphatic rings. The van der Waals surface area contributed by atoms with Gasteiger partial charge < -0.3 is 10.6 Å². The number of sulfonamides is 1. The molecule has 3 amide bonds. The zero-order valence-electron chi connectivity index (χ0n) is 19.0. The van der Waals surface area contributed by atoms with Gasteiger partial charge in [0.1, 0.15) is 10.7 Å². The quantitative estimate of drug-likeness (QED) is 0.404. The molecule has 11 heteroatoms. The van der Waals surface area contributed by atoms with Crippen LogP contribution < -0.4 is 20.7 Å². The fraction of sp³-hybridized carbons (Fsp3) is 0.0800. The van der Waals surface area contributed by atoms with Gasteiger partial charge in [0.2, 0.25) is 10.0 Å². The van der Waals surface area contributed by atoms with Gasteiger partial charge in [-0.1, -0.05) is 36.7 Å². The number of nitrogens with two attached hydrogens (primary N) is 1. The summed E-state index contributed by atoms with van der Waals surface area (Å²) in [6, 6.07) is 18.7. The minimum absolute atomic E-state index is 0.0806. The maximum atomic E-state index is 13.0. The van der Waals surface area contributed by atoms with E-state index >= 15 is 0 Å². The Morgan fingerprint density at radius 3 is 2.22 bits per heavy atom. The van der Waals surface area contributed by atoms with Crippen molar-refractivity contribution < 1.29 is 22.8 Å². The van der Waals surface area contributed by atoms with E-state index in [1.54, 1.807) is 30.3 Å². The number of nitrogens with zero attached hydrogens (tertiary/aromatic N) is 1. The molecule has 0 atom stereocenters. The number of hydrogen-bond acceptors (Lipinski definition) is 6. The van der Waals surface area contributed by atoms with E-state index in [9.17, 15) is 22.8 Å². The molecule has 0 unspecified atom stereocenters. The van der Waals surface area contributed by atoms with Crippen molar-refractivity contribution in [2.24, 2.45) is 5.14 Å². The van der Waals surface area contributed by atoms with E-state index < -0.39 is 27.7 Å². The molecule has 0 aromatic heterocycles. The zero-order chi connectivity index (χ0) is 26.0. The summed E-state index contributed by atoms with van der Waals surface area (Å²) in [6.45, 7) is 2.00. The number of carbonyl (C=O) groups excluding carboxylic acids is 3. The molecule has 0 aliphatic carbocycles. The van der Waals surface area contributed by atoms with E-state index in [2.05, 4.69) is 10.6 Å². The van der Waals surface area contributed by atoms with Crippen molar-refractivity contribution in [2.75, 3.05) is 15.5 Å². The molecule has 0 spiro atoms. The summed E-state index contributed by atoms with van der Waals surface area (Å²) in [4.78, 5) is 39.3. The van der Waals surface area contributed by atoms with E-state index in [4.69, 9.17) is 16.7 Å². The number of carbonyl (C=O) groups is 3. The Hall–Kier alpha value is -3.99. The largest absolute Gasteiger partial charge is 0.350 e. The van der Waals surface area contributed by atoms with Gasteiger partial charge in [-0.25, -0.2) is 18.5 Å². The normalized spacial score (nSPS) is 13.8. The minimum Gasteiger partial charge on any atom is -0.350 e. The molecule has 0 saturated heterocycles. The fourth-order valence-corrected chi connectivity index (χ4v) is 4.27. The first-order valence-corrected chi connectivity index (χ1v) is 12.7. The molecule has 1 aliphatic heterocycles. The zero-order valence-corrected chi connectivity index (χ0v) is 20.6. The highest BCUT2D eigenvalue weighted by Crippen LogP contribution is 2.30. The Bertz CT molecular complexity index is 1500. The van der Waals surface area contributed by atoms with Crippen molar-refractivity contribution in [3.05, 3.63) is 94.7 Å². The molecule has 3 aromatic rings. The lowest BCUT2D eigenvalue weighted by Gasteiger charge is -2.15. The average molecular weight is 525 g/mol. The average Bonchev–Trinajstić information content (AvgIpc) is 3.07. The van der Waals surface area contributed by atoms with Crippen LogP contribution in [-0.2, 0) is 26.0 Å². The summed E-state index contributed by atoms with van der Waals surface area (Å²) in [7, 11) is -3.85. The molecule has 36 heavy (non-hydrogen) atoms. The number of imide groups is 1. The van der Waals surface area contributed by atoms with E-state index in [-0.39, 0.29) is 21.2 Å². The lowest BCUT2D eigenvalue weighted by Crippen LogP contribution is -2.32. The summed E-state index contributed by atoms with van der Waals surface area (Å²) in [6.07, 6.45) is 0.818. The lowest BCUT2D eigenvalue weighted by atomic mass is 10.1. The van der Waals surface area contributed by atoms with Crippen molar-refractivity contribution in [3.8, 4) is 0 Å². The van der Waals surface area contributed by atoms with E-state index in [1.807, 2.05) is 19.1 Å². The van der Waals surface area contributed by atoms with Gasteiger partial charge in [0.15, 0.2) is 0 Å². The Morgan fingerprint density at radius 1 is 0.944 bits per heavy atom. The van der Waals surface area contributed by atoms with Crippen LogP contribution in [0.25, 0.3) is 0 Å². The van der Waals surface area contributed by atoms with Crippen LogP contribution >= 0.6 is 11.6 Å². The van der Waals surface area contributed by atoms with Crippen molar-refractivity contribution in [1.29, 1.82) is 0 Å². The Morgan fingerprint density at radius 2 is 1.61 bits per heavy atom. The predicted octanol–water partition coefficient (Wildman–Crippen LogP) is 3.58. The molecular weight excluding hydrogens is 504 g/mol. The maximum absolute atomic E-state index is 13.0. The van der Waals surface area contributed by atoms with Crippen LogP contribution in [0.5, 0.6) is 0 Å². The summed E-state index contributed by atoms with van der Waals surface area (Å²) in [5.41, 5.74) is 2.33.